The molecule has 0 spiro atoms. The molecule has 0 radical (unpaired) electrons. The van der Waals surface area contributed by atoms with Crippen molar-refractivity contribution in [3.63, 3.8) is 0 Å². The average molecular weight is 495 g/mol. The van der Waals surface area contributed by atoms with Crippen LogP contribution < -0.4 is 20.7 Å². The van der Waals surface area contributed by atoms with Crippen LogP contribution in [-0.4, -0.2) is 52.6 Å². The number of nitrogens with zero attached hydrogens (tertiary/aromatic N) is 4. The molecule has 3 aliphatic rings. The minimum Gasteiger partial charge on any atom is -0.489 e. The largest absolute Gasteiger partial charge is 0.489 e. The molecule has 2 aromatic heterocycles. The summed E-state index contributed by atoms with van der Waals surface area (Å²) in [5.74, 6) is 0.782. The Labute approximate surface area is 215 Å². The molecule has 2 aromatic carbocycles. The van der Waals surface area contributed by atoms with Crippen molar-refractivity contribution in [3.8, 4) is 5.75 Å². The van der Waals surface area contributed by atoms with Gasteiger partial charge in [0.1, 0.15) is 24.2 Å². The maximum Gasteiger partial charge on any atom is 0.254 e. The first-order chi connectivity index (χ1) is 18.2. The van der Waals surface area contributed by atoms with Crippen LogP contribution in [0.15, 0.2) is 67.0 Å². The summed E-state index contributed by atoms with van der Waals surface area (Å²) in [6, 6.07) is 18.8. The second-order valence-electron chi connectivity index (χ2n) is 10.2. The predicted octanol–water partition coefficient (Wildman–Crippen LogP) is 3.97. The molecule has 1 unspecified atom stereocenters. The summed E-state index contributed by atoms with van der Waals surface area (Å²) in [4.78, 5) is 22.0. The number of fused-ring (bicyclic) bond motifs is 1. The number of rotatable bonds is 4. The molecule has 8 nitrogen and oxygen atoms in total. The third-order valence-electron chi connectivity index (χ3n) is 7.73. The molecule has 2 atom stereocenters. The van der Waals surface area contributed by atoms with Crippen LogP contribution in [-0.2, 0) is 6.54 Å². The maximum absolute atomic E-state index is 13.4. The van der Waals surface area contributed by atoms with E-state index in [9.17, 15) is 4.79 Å². The number of anilines is 2. The van der Waals surface area contributed by atoms with Gasteiger partial charge in [0.2, 0.25) is 0 Å². The smallest absolute Gasteiger partial charge is 0.254 e. The number of nitrogens with two attached hydrogens (primary N) is 1. The van der Waals surface area contributed by atoms with Crippen LogP contribution in [0.25, 0.3) is 10.9 Å². The van der Waals surface area contributed by atoms with Gasteiger partial charge >= 0.3 is 0 Å². The molecule has 4 aromatic rings. The number of ether oxygens (including phenoxy) is 1. The van der Waals surface area contributed by atoms with Crippen molar-refractivity contribution in [1.29, 1.82) is 0 Å². The molecule has 0 bridgehead atoms. The summed E-state index contributed by atoms with van der Waals surface area (Å²) >= 11 is 0. The van der Waals surface area contributed by atoms with Crippen LogP contribution in [0, 0.1) is 0 Å². The maximum atomic E-state index is 13.4. The van der Waals surface area contributed by atoms with Gasteiger partial charge in [0.05, 0.1) is 17.9 Å². The van der Waals surface area contributed by atoms with Crippen molar-refractivity contribution in [2.45, 2.75) is 31.6 Å². The monoisotopic (exact) mass is 494 g/mol. The summed E-state index contributed by atoms with van der Waals surface area (Å²) < 4.78 is 8.46. The van der Waals surface area contributed by atoms with E-state index in [2.05, 4.69) is 56.2 Å². The Morgan fingerprint density at radius 3 is 2.92 bits per heavy atom. The minimum atomic E-state index is -0.0736. The van der Waals surface area contributed by atoms with Crippen LogP contribution in [0.1, 0.15) is 40.6 Å². The Hall–Kier alpha value is -4.04. The number of carbonyl (C=O) groups is 1. The van der Waals surface area contributed by atoms with E-state index < -0.39 is 0 Å². The SMILES string of the molecule is NC1CCCN(C(=O)c2cc3c4c(c2)OCCN4[C@H](c2cc4ccccc4n2Cc2cccnc2)N3)C1. The number of hydrogen-bond donors (Lipinski definition) is 2. The van der Waals surface area contributed by atoms with Gasteiger partial charge in [0, 0.05) is 54.5 Å². The quantitative estimate of drug-likeness (QED) is 0.446. The lowest BCUT2D eigenvalue weighted by Crippen LogP contribution is -2.45. The van der Waals surface area contributed by atoms with Crippen LogP contribution in [0.4, 0.5) is 11.4 Å². The summed E-state index contributed by atoms with van der Waals surface area (Å²) in [6.07, 6.45) is 5.56. The number of piperidine rings is 1. The number of carbonyl (C=O) groups excluding carboxylic acids is 1. The Kier molecular flexibility index (Phi) is 5.28. The molecule has 8 heteroatoms. The molecule has 0 saturated carbocycles. The van der Waals surface area contributed by atoms with Crippen LogP contribution in [0.2, 0.25) is 0 Å². The molecule has 1 amide bonds. The van der Waals surface area contributed by atoms with E-state index in [0.29, 0.717) is 18.7 Å². The lowest BCUT2D eigenvalue weighted by atomic mass is 10.0. The van der Waals surface area contributed by atoms with Crippen molar-refractivity contribution in [1.82, 2.24) is 14.5 Å². The highest BCUT2D eigenvalue weighted by molar-refractivity contribution is 5.99. The zero-order chi connectivity index (χ0) is 24.9. The number of aromatic nitrogens is 2. The van der Waals surface area contributed by atoms with E-state index in [1.165, 1.54) is 16.6 Å². The van der Waals surface area contributed by atoms with Gasteiger partial charge in [-0.05, 0) is 48.7 Å². The minimum absolute atomic E-state index is 0.0193. The van der Waals surface area contributed by atoms with Crippen molar-refractivity contribution in [3.05, 3.63) is 83.8 Å². The summed E-state index contributed by atoms with van der Waals surface area (Å²) in [5.41, 5.74) is 12.3. The van der Waals surface area contributed by atoms with Crippen molar-refractivity contribution < 1.29 is 9.53 Å². The fraction of sp³-hybridized carbons (Fsp3) is 0.310. The van der Waals surface area contributed by atoms with Gasteiger partial charge in [-0.25, -0.2) is 0 Å². The van der Waals surface area contributed by atoms with E-state index in [1.807, 2.05) is 29.3 Å². The number of benzene rings is 2. The third kappa shape index (κ3) is 3.79. The Morgan fingerprint density at radius 2 is 2.05 bits per heavy atom. The second-order valence-corrected chi connectivity index (χ2v) is 10.2. The van der Waals surface area contributed by atoms with Gasteiger partial charge in [0.15, 0.2) is 0 Å². The highest BCUT2D eigenvalue weighted by Gasteiger charge is 2.38. The highest BCUT2D eigenvalue weighted by Crippen LogP contribution is 2.50. The van der Waals surface area contributed by atoms with Gasteiger partial charge in [-0.1, -0.05) is 24.3 Å². The fourth-order valence-electron chi connectivity index (χ4n) is 6.02. The van der Waals surface area contributed by atoms with Gasteiger partial charge in [-0.2, -0.15) is 0 Å². The van der Waals surface area contributed by atoms with E-state index in [4.69, 9.17) is 10.5 Å². The van der Waals surface area contributed by atoms with E-state index in [0.717, 1.165) is 55.2 Å². The number of para-hydroxylation sites is 1. The molecule has 1 saturated heterocycles. The first kappa shape index (κ1) is 22.2. The van der Waals surface area contributed by atoms with Crippen molar-refractivity contribution in [2.24, 2.45) is 5.73 Å². The molecule has 188 valence electrons. The Bertz CT molecular complexity index is 1480. The van der Waals surface area contributed by atoms with E-state index in [-0.39, 0.29) is 18.1 Å². The molecule has 3 aliphatic heterocycles. The van der Waals surface area contributed by atoms with Crippen molar-refractivity contribution in [2.75, 3.05) is 36.5 Å². The first-order valence-electron chi connectivity index (χ1n) is 13.0. The molecular weight excluding hydrogens is 464 g/mol. The molecule has 37 heavy (non-hydrogen) atoms. The Morgan fingerprint density at radius 1 is 1.14 bits per heavy atom. The zero-order valence-electron chi connectivity index (χ0n) is 20.6. The second kappa shape index (κ2) is 8.81. The normalized spacial score (nSPS) is 20.5. The first-order valence-corrected chi connectivity index (χ1v) is 13.0. The summed E-state index contributed by atoms with van der Waals surface area (Å²) in [5, 5.41) is 4.94. The van der Waals surface area contributed by atoms with Gasteiger partial charge < -0.3 is 30.2 Å². The number of nitrogens with one attached hydrogen (secondary N) is 1. The summed E-state index contributed by atoms with van der Waals surface area (Å²) in [6.45, 7) is 3.40. The zero-order valence-corrected chi connectivity index (χ0v) is 20.6. The average Bonchev–Trinajstić information content (AvgIpc) is 3.48. The van der Waals surface area contributed by atoms with Crippen molar-refractivity contribution >= 4 is 28.2 Å². The lowest BCUT2D eigenvalue weighted by Gasteiger charge is -2.33. The topological polar surface area (TPSA) is 88.7 Å². The number of pyridine rings is 1. The predicted molar refractivity (Wildman–Crippen MR) is 144 cm³/mol. The molecule has 7 rings (SSSR count). The molecule has 1 fully saturated rings. The van der Waals surface area contributed by atoms with Crippen LogP contribution in [0.3, 0.4) is 0 Å². The third-order valence-corrected chi connectivity index (χ3v) is 7.73. The standard InChI is InChI=1S/C29H30N6O2/c30-22-7-4-10-33(18-22)29(36)21-13-23-27-26(15-21)37-12-11-34(27)28(32-23)25-14-20-6-1-2-8-24(20)35(25)17-19-5-3-9-31-16-19/h1-3,5-6,8-9,13-16,22,28,32H,4,7,10-12,17-18,30H2/t22?,28-/m1/s1. The van der Waals surface area contributed by atoms with Gasteiger partial charge in [-0.3, -0.25) is 9.78 Å². The molecule has 3 N–H and O–H groups in total. The lowest BCUT2D eigenvalue weighted by molar-refractivity contribution is 0.0708. The van der Waals surface area contributed by atoms with Gasteiger partial charge in [0.25, 0.3) is 5.91 Å². The summed E-state index contributed by atoms with van der Waals surface area (Å²) in [7, 11) is 0. The van der Waals surface area contributed by atoms with Crippen LogP contribution in [0.5, 0.6) is 5.75 Å². The van der Waals surface area contributed by atoms with E-state index in [1.54, 1.807) is 6.20 Å². The molecular formula is C29H30N6O2. The number of likely N-dealkylation sites (tertiary alicyclic amines) is 1. The fourth-order valence-corrected chi connectivity index (χ4v) is 6.02. The molecule has 5 heterocycles. The highest BCUT2D eigenvalue weighted by atomic mass is 16.5. The number of hydrogen-bond acceptors (Lipinski definition) is 6. The number of amides is 1. The van der Waals surface area contributed by atoms with Crippen LogP contribution >= 0.6 is 0 Å². The van der Waals surface area contributed by atoms with Gasteiger partial charge in [-0.15, -0.1) is 0 Å². The van der Waals surface area contributed by atoms with E-state index >= 15 is 0 Å². The molecule has 0 aliphatic carbocycles. The Balaban J connectivity index is 1.27.